The molecular weight excluding hydrogens is 709 g/mol. The summed E-state index contributed by atoms with van der Waals surface area (Å²) in [5.41, 5.74) is 1.51. The molecule has 49 heavy (non-hydrogen) atoms. The van der Waals surface area contributed by atoms with Crippen molar-refractivity contribution in [3.63, 3.8) is 0 Å². The van der Waals surface area contributed by atoms with Crippen LogP contribution in [0.1, 0.15) is 53.9 Å². The maximum atomic E-state index is 14.2. The number of aliphatic hydroxyl groups excluding tert-OH is 1. The molecule has 3 heterocycles. The number of furan rings is 1. The van der Waals surface area contributed by atoms with Gasteiger partial charge in [0.25, 0.3) is 5.91 Å². The van der Waals surface area contributed by atoms with E-state index in [0.717, 1.165) is 36.2 Å². The van der Waals surface area contributed by atoms with Crippen LogP contribution in [-0.4, -0.2) is 47.8 Å². The van der Waals surface area contributed by atoms with Gasteiger partial charge in [0.15, 0.2) is 38.7 Å². The highest BCUT2D eigenvalue weighted by Gasteiger charge is 2.47. The molecule has 10 nitrogen and oxygen atoms in total. The average molecular weight is 741 g/mol. The number of para-hydroxylation sites is 1. The van der Waals surface area contributed by atoms with Crippen LogP contribution in [0.15, 0.2) is 80.8 Å². The standard InChI is InChI=1S/C35H31Cl2N3O7S2/c1-4-5-6-14-46-24-13-11-19(15-26(24)45-3)29-28(30(41)27-16-20-8-7-9-25(44-2)32(20)47-27)31(42)33(43)40(29)34-38-39-35(49-34)48-18-21-10-12-22(36)17-23(21)37/h7-13,15-17,29,42H,4-6,14,18H2,1-3H3. The molecule has 6 rings (SSSR count). The highest BCUT2D eigenvalue weighted by molar-refractivity contribution is 8.00. The first-order valence-electron chi connectivity index (χ1n) is 15.3. The van der Waals surface area contributed by atoms with Gasteiger partial charge in [0.2, 0.25) is 10.9 Å². The highest BCUT2D eigenvalue weighted by atomic mass is 35.5. The molecule has 0 bridgehead atoms. The Morgan fingerprint density at radius 2 is 1.84 bits per heavy atom. The lowest BCUT2D eigenvalue weighted by molar-refractivity contribution is -0.117. The van der Waals surface area contributed by atoms with E-state index in [1.807, 2.05) is 6.07 Å². The summed E-state index contributed by atoms with van der Waals surface area (Å²) < 4.78 is 23.6. The van der Waals surface area contributed by atoms with Crippen LogP contribution >= 0.6 is 46.3 Å². The monoisotopic (exact) mass is 739 g/mol. The molecule has 2 aromatic heterocycles. The molecule has 1 unspecified atom stereocenters. The van der Waals surface area contributed by atoms with E-state index in [2.05, 4.69) is 17.1 Å². The van der Waals surface area contributed by atoms with E-state index in [1.165, 1.54) is 30.9 Å². The molecule has 254 valence electrons. The maximum absolute atomic E-state index is 14.2. The number of thioether (sulfide) groups is 1. The minimum absolute atomic E-state index is 0.0723. The van der Waals surface area contributed by atoms with Crippen molar-refractivity contribution in [1.29, 1.82) is 0 Å². The third-order valence-electron chi connectivity index (χ3n) is 7.88. The Morgan fingerprint density at radius 3 is 2.59 bits per heavy atom. The molecule has 0 radical (unpaired) electrons. The summed E-state index contributed by atoms with van der Waals surface area (Å²) in [7, 11) is 3.01. The lowest BCUT2D eigenvalue weighted by Crippen LogP contribution is -2.31. The number of Topliss-reactive ketones (excluding diaryl/α,β-unsaturated/α-hetero) is 1. The third kappa shape index (κ3) is 7.09. The number of hydrogen-bond donors (Lipinski definition) is 1. The molecule has 0 aliphatic carbocycles. The van der Waals surface area contributed by atoms with E-state index in [0.29, 0.717) is 60.5 Å². The van der Waals surface area contributed by atoms with Gasteiger partial charge in [-0.2, -0.15) is 0 Å². The Labute approximate surface area is 300 Å². The van der Waals surface area contributed by atoms with Gasteiger partial charge in [-0.05, 0) is 53.9 Å². The van der Waals surface area contributed by atoms with Gasteiger partial charge >= 0.3 is 0 Å². The molecule has 1 aliphatic heterocycles. The number of amides is 1. The van der Waals surface area contributed by atoms with E-state index in [-0.39, 0.29) is 16.5 Å². The molecule has 0 saturated heterocycles. The number of benzene rings is 3. The number of fused-ring (bicyclic) bond motifs is 1. The van der Waals surface area contributed by atoms with E-state index >= 15 is 0 Å². The second-order valence-electron chi connectivity index (χ2n) is 11.0. The number of halogens is 2. The minimum Gasteiger partial charge on any atom is -0.503 e. The van der Waals surface area contributed by atoms with Crippen LogP contribution in [-0.2, 0) is 10.5 Å². The van der Waals surface area contributed by atoms with Crippen molar-refractivity contribution < 1.29 is 33.3 Å². The molecular formula is C35H31Cl2N3O7S2. The van der Waals surface area contributed by atoms with E-state index in [4.69, 9.17) is 41.8 Å². The lowest BCUT2D eigenvalue weighted by atomic mass is 9.95. The molecule has 0 fully saturated rings. The number of rotatable bonds is 14. The second kappa shape index (κ2) is 15.1. The summed E-state index contributed by atoms with van der Waals surface area (Å²) in [5, 5.41) is 21.8. The first-order valence-corrected chi connectivity index (χ1v) is 17.9. The predicted molar refractivity (Wildman–Crippen MR) is 191 cm³/mol. The normalized spacial score (nSPS) is 14.6. The quantitative estimate of drug-likeness (QED) is 0.0510. The van der Waals surface area contributed by atoms with E-state index in [9.17, 15) is 14.7 Å². The molecule has 1 amide bonds. The largest absolute Gasteiger partial charge is 0.503 e. The molecule has 3 aromatic carbocycles. The molecule has 14 heteroatoms. The first-order chi connectivity index (χ1) is 23.7. The van der Waals surface area contributed by atoms with Crippen LogP contribution in [0, 0.1) is 0 Å². The van der Waals surface area contributed by atoms with Crippen molar-refractivity contribution in [1.82, 2.24) is 10.2 Å². The lowest BCUT2D eigenvalue weighted by Gasteiger charge is -2.24. The van der Waals surface area contributed by atoms with Gasteiger partial charge in [-0.25, -0.2) is 0 Å². The van der Waals surface area contributed by atoms with Crippen LogP contribution in [0.2, 0.25) is 10.0 Å². The Hall–Kier alpha value is -4.23. The summed E-state index contributed by atoms with van der Waals surface area (Å²) in [6, 6.07) is 16.1. The highest BCUT2D eigenvalue weighted by Crippen LogP contribution is 2.46. The van der Waals surface area contributed by atoms with Crippen LogP contribution in [0.3, 0.4) is 0 Å². The Kier molecular flexibility index (Phi) is 10.7. The van der Waals surface area contributed by atoms with Crippen LogP contribution in [0.25, 0.3) is 11.0 Å². The van der Waals surface area contributed by atoms with Gasteiger partial charge in [-0.3, -0.25) is 14.5 Å². The fourth-order valence-corrected chi connectivity index (χ4v) is 7.86. The van der Waals surface area contributed by atoms with Gasteiger partial charge < -0.3 is 23.7 Å². The SMILES string of the molecule is CCCCCOc1ccc(C2C(C(=O)c3cc4cccc(OC)c4o3)=C(O)C(=O)N2c2nnc(SCc3ccc(Cl)cc3Cl)s2)cc1OC. The fraction of sp³-hybridized carbons (Fsp3) is 0.257. The molecule has 1 atom stereocenters. The number of carbonyl (C=O) groups is 2. The third-order valence-corrected chi connectivity index (χ3v) is 10.6. The van der Waals surface area contributed by atoms with Crippen molar-refractivity contribution in [2.45, 2.75) is 42.3 Å². The van der Waals surface area contributed by atoms with Crippen molar-refractivity contribution in [3.05, 3.63) is 98.9 Å². The summed E-state index contributed by atoms with van der Waals surface area (Å²) >= 11 is 14.9. The minimum atomic E-state index is -1.10. The second-order valence-corrected chi connectivity index (χ2v) is 14.0. The topological polar surface area (TPSA) is 124 Å². The predicted octanol–water partition coefficient (Wildman–Crippen LogP) is 9.25. The zero-order chi connectivity index (χ0) is 34.7. The van der Waals surface area contributed by atoms with E-state index < -0.39 is 23.5 Å². The smallest absolute Gasteiger partial charge is 0.296 e. The van der Waals surface area contributed by atoms with Gasteiger partial charge in [0.05, 0.1) is 32.4 Å². The van der Waals surface area contributed by atoms with Crippen molar-refractivity contribution in [2.75, 3.05) is 25.7 Å². The number of unbranched alkanes of at least 4 members (excludes halogenated alkanes) is 2. The summed E-state index contributed by atoms with van der Waals surface area (Å²) in [4.78, 5) is 29.4. The van der Waals surface area contributed by atoms with Crippen LogP contribution in [0.5, 0.6) is 17.2 Å². The van der Waals surface area contributed by atoms with Crippen LogP contribution < -0.4 is 19.1 Å². The fourth-order valence-electron chi connectivity index (χ4n) is 5.44. The number of ketones is 1. The molecule has 1 aliphatic rings. The number of aromatic nitrogens is 2. The van der Waals surface area contributed by atoms with Crippen LogP contribution in [0.4, 0.5) is 5.13 Å². The zero-order valence-corrected chi connectivity index (χ0v) is 29.8. The van der Waals surface area contributed by atoms with Crippen molar-refractivity contribution >= 4 is 74.1 Å². The number of nitrogens with zero attached hydrogens (tertiary/aromatic N) is 3. The van der Waals surface area contributed by atoms with Crippen molar-refractivity contribution in [2.24, 2.45) is 0 Å². The summed E-state index contributed by atoms with van der Waals surface area (Å²) in [6.07, 6.45) is 2.96. The van der Waals surface area contributed by atoms with Gasteiger partial charge in [0, 0.05) is 21.2 Å². The first kappa shape index (κ1) is 34.6. The average Bonchev–Trinajstić information content (AvgIpc) is 3.82. The van der Waals surface area contributed by atoms with Gasteiger partial charge in [-0.1, -0.05) is 90.3 Å². The molecule has 1 N–H and O–H groups in total. The number of aliphatic hydroxyl groups is 1. The van der Waals surface area contributed by atoms with Gasteiger partial charge in [0.1, 0.15) is 0 Å². The number of ether oxygens (including phenoxy) is 3. The Morgan fingerprint density at radius 1 is 1.02 bits per heavy atom. The molecule has 5 aromatic rings. The Balaban J connectivity index is 1.38. The van der Waals surface area contributed by atoms with E-state index in [1.54, 1.807) is 54.6 Å². The summed E-state index contributed by atoms with van der Waals surface area (Å²) in [6.45, 7) is 2.62. The molecule has 0 saturated carbocycles. The number of methoxy groups -OCH3 is 2. The van der Waals surface area contributed by atoms with Crippen molar-refractivity contribution in [3.8, 4) is 17.2 Å². The number of carbonyl (C=O) groups excluding carboxylic acids is 2. The number of anilines is 1. The van der Waals surface area contributed by atoms with Gasteiger partial charge in [-0.15, -0.1) is 10.2 Å². The maximum Gasteiger partial charge on any atom is 0.296 e. The zero-order valence-electron chi connectivity index (χ0n) is 26.7. The molecule has 0 spiro atoms. The Bertz CT molecular complexity index is 2060. The summed E-state index contributed by atoms with van der Waals surface area (Å²) in [5.74, 6) is -0.451. The number of hydrogen-bond acceptors (Lipinski definition) is 11.